The molecular weight excluding hydrogens is 396 g/mol. The first-order chi connectivity index (χ1) is 15.7. The Morgan fingerprint density at radius 2 is 1.84 bits per heavy atom. The third-order valence-corrected chi connectivity index (χ3v) is 6.61. The molecule has 0 aliphatic carbocycles. The second kappa shape index (κ2) is 11.3. The molecule has 1 amide bonds. The lowest BCUT2D eigenvalue weighted by Gasteiger charge is -2.26. The first-order valence-corrected chi connectivity index (χ1v) is 12.1. The van der Waals surface area contributed by atoms with Crippen molar-refractivity contribution >= 4 is 5.91 Å². The van der Waals surface area contributed by atoms with E-state index in [1.165, 1.54) is 49.0 Å². The van der Waals surface area contributed by atoms with Crippen LogP contribution in [0.2, 0.25) is 0 Å². The molecule has 5 nitrogen and oxygen atoms in total. The minimum Gasteiger partial charge on any atom is -0.339 e. The van der Waals surface area contributed by atoms with Gasteiger partial charge in [-0.2, -0.15) is 5.26 Å². The van der Waals surface area contributed by atoms with Gasteiger partial charge in [-0.25, -0.2) is 0 Å². The quantitative estimate of drug-likeness (QED) is 0.696. The number of benzene rings is 2. The van der Waals surface area contributed by atoms with E-state index in [4.69, 9.17) is 0 Å². The molecule has 2 fully saturated rings. The summed E-state index contributed by atoms with van der Waals surface area (Å²) in [5.41, 5.74) is 4.82. The van der Waals surface area contributed by atoms with Crippen LogP contribution < -0.4 is 10.6 Å². The molecule has 0 aromatic heterocycles. The van der Waals surface area contributed by atoms with Crippen molar-refractivity contribution in [3.8, 4) is 17.2 Å². The lowest BCUT2D eigenvalue weighted by Crippen LogP contribution is -2.49. The number of amides is 1. The van der Waals surface area contributed by atoms with E-state index in [2.05, 4.69) is 70.1 Å². The van der Waals surface area contributed by atoms with Gasteiger partial charge in [0.05, 0.1) is 12.1 Å². The summed E-state index contributed by atoms with van der Waals surface area (Å²) in [4.78, 5) is 15.0. The van der Waals surface area contributed by atoms with Crippen LogP contribution >= 0.6 is 0 Å². The van der Waals surface area contributed by atoms with Crippen molar-refractivity contribution < 1.29 is 4.79 Å². The van der Waals surface area contributed by atoms with Crippen LogP contribution in [0.5, 0.6) is 0 Å². The number of nitrogens with zero attached hydrogens (tertiary/aromatic N) is 2. The Labute approximate surface area is 191 Å². The van der Waals surface area contributed by atoms with Crippen LogP contribution in [0.15, 0.2) is 48.5 Å². The molecule has 5 heteroatoms. The molecule has 168 valence electrons. The Bertz CT molecular complexity index is 921. The van der Waals surface area contributed by atoms with E-state index >= 15 is 0 Å². The summed E-state index contributed by atoms with van der Waals surface area (Å²) >= 11 is 0. The number of rotatable bonds is 7. The van der Waals surface area contributed by atoms with Gasteiger partial charge in [0.2, 0.25) is 5.91 Å². The van der Waals surface area contributed by atoms with Gasteiger partial charge in [-0.3, -0.25) is 9.69 Å². The van der Waals surface area contributed by atoms with E-state index in [1.54, 1.807) is 0 Å². The number of hydrogen-bond acceptors (Lipinski definition) is 4. The molecule has 2 heterocycles. The van der Waals surface area contributed by atoms with Crippen molar-refractivity contribution in [3.63, 3.8) is 0 Å². The summed E-state index contributed by atoms with van der Waals surface area (Å²) in [5.74, 6) is -0.0570. The maximum atomic E-state index is 12.4. The zero-order chi connectivity index (χ0) is 22.2. The molecule has 1 unspecified atom stereocenters. The van der Waals surface area contributed by atoms with Crippen molar-refractivity contribution in [2.45, 2.75) is 63.6 Å². The van der Waals surface area contributed by atoms with Crippen LogP contribution in [-0.2, 0) is 17.8 Å². The summed E-state index contributed by atoms with van der Waals surface area (Å²) < 4.78 is 0. The lowest BCUT2D eigenvalue weighted by atomic mass is 9.99. The van der Waals surface area contributed by atoms with Crippen molar-refractivity contribution in [2.75, 3.05) is 19.6 Å². The fourth-order valence-corrected chi connectivity index (χ4v) is 4.77. The predicted octanol–water partition coefficient (Wildman–Crippen LogP) is 4.03. The topological polar surface area (TPSA) is 68.2 Å². The highest BCUT2D eigenvalue weighted by molar-refractivity contribution is 5.82. The van der Waals surface area contributed by atoms with Gasteiger partial charge in [-0.15, -0.1) is 0 Å². The van der Waals surface area contributed by atoms with Crippen molar-refractivity contribution in [3.05, 3.63) is 59.7 Å². The number of nitrogens with one attached hydrogen (secondary N) is 2. The average molecular weight is 431 g/mol. The van der Waals surface area contributed by atoms with E-state index in [9.17, 15) is 10.1 Å². The SMILES string of the molecule is N#C[C@H](Cc1ccc(-c2cccc(CN3CCCCC3)c2)cc1)NC(=O)C1CCCCN1. The highest BCUT2D eigenvalue weighted by atomic mass is 16.2. The largest absolute Gasteiger partial charge is 0.339 e. The van der Waals surface area contributed by atoms with E-state index in [1.807, 2.05) is 0 Å². The molecule has 2 aliphatic heterocycles. The highest BCUT2D eigenvalue weighted by Gasteiger charge is 2.23. The second-order valence-corrected chi connectivity index (χ2v) is 9.13. The molecule has 2 aliphatic rings. The molecule has 2 atom stereocenters. The maximum absolute atomic E-state index is 12.4. The van der Waals surface area contributed by atoms with Crippen LogP contribution in [0, 0.1) is 11.3 Å². The molecule has 0 spiro atoms. The van der Waals surface area contributed by atoms with Gasteiger partial charge in [0, 0.05) is 13.0 Å². The number of carbonyl (C=O) groups excluding carboxylic acids is 1. The first kappa shape index (κ1) is 22.5. The van der Waals surface area contributed by atoms with E-state index in [0.29, 0.717) is 6.42 Å². The summed E-state index contributed by atoms with van der Waals surface area (Å²) in [6.45, 7) is 4.29. The third-order valence-electron chi connectivity index (χ3n) is 6.61. The van der Waals surface area contributed by atoms with Crippen LogP contribution in [0.1, 0.15) is 49.7 Å². The number of nitriles is 1. The lowest BCUT2D eigenvalue weighted by molar-refractivity contribution is -0.124. The van der Waals surface area contributed by atoms with Gasteiger partial charge in [-0.05, 0) is 73.6 Å². The molecule has 0 radical (unpaired) electrons. The standard InChI is InChI=1S/C27H34N4O/c28-19-25(30-27(32)26-9-2-3-14-29-26)18-21-10-12-23(13-11-21)24-8-6-7-22(17-24)20-31-15-4-1-5-16-31/h6-8,10-13,17,25-26,29H,1-5,9,14-16,18,20H2,(H,30,32)/t25-,26?/m0/s1. The molecule has 2 aromatic carbocycles. The van der Waals surface area contributed by atoms with Crippen LogP contribution in [0.25, 0.3) is 11.1 Å². The van der Waals surface area contributed by atoms with Crippen LogP contribution in [-0.4, -0.2) is 42.5 Å². The van der Waals surface area contributed by atoms with Gasteiger partial charge >= 0.3 is 0 Å². The number of hydrogen-bond donors (Lipinski definition) is 2. The Morgan fingerprint density at radius 1 is 1.03 bits per heavy atom. The minimum absolute atomic E-state index is 0.0570. The predicted molar refractivity (Wildman–Crippen MR) is 128 cm³/mol. The highest BCUT2D eigenvalue weighted by Crippen LogP contribution is 2.23. The Balaban J connectivity index is 1.35. The van der Waals surface area contributed by atoms with E-state index in [-0.39, 0.29) is 11.9 Å². The minimum atomic E-state index is -0.509. The second-order valence-electron chi connectivity index (χ2n) is 9.13. The van der Waals surface area contributed by atoms with Gasteiger partial charge in [0.15, 0.2) is 0 Å². The Hall–Kier alpha value is -2.68. The van der Waals surface area contributed by atoms with Gasteiger partial charge in [0.1, 0.15) is 6.04 Å². The summed E-state index contributed by atoms with van der Waals surface area (Å²) in [5, 5.41) is 15.7. The molecule has 2 aromatic rings. The van der Waals surface area contributed by atoms with Crippen LogP contribution in [0.3, 0.4) is 0 Å². The zero-order valence-electron chi connectivity index (χ0n) is 18.9. The Kier molecular flexibility index (Phi) is 7.92. The zero-order valence-corrected chi connectivity index (χ0v) is 18.9. The molecular formula is C27H34N4O. The van der Waals surface area contributed by atoms with Crippen molar-refractivity contribution in [1.29, 1.82) is 5.26 Å². The fourth-order valence-electron chi connectivity index (χ4n) is 4.77. The molecule has 4 rings (SSSR count). The van der Waals surface area contributed by atoms with Gasteiger partial charge in [0.25, 0.3) is 0 Å². The number of piperidine rings is 2. The van der Waals surface area contributed by atoms with Crippen molar-refractivity contribution in [2.24, 2.45) is 0 Å². The Morgan fingerprint density at radius 3 is 2.56 bits per heavy atom. The van der Waals surface area contributed by atoms with Crippen molar-refractivity contribution in [1.82, 2.24) is 15.5 Å². The monoisotopic (exact) mass is 430 g/mol. The maximum Gasteiger partial charge on any atom is 0.238 e. The van der Waals surface area contributed by atoms with Gasteiger partial charge in [-0.1, -0.05) is 55.3 Å². The summed E-state index contributed by atoms with van der Waals surface area (Å²) in [7, 11) is 0. The molecule has 32 heavy (non-hydrogen) atoms. The average Bonchev–Trinajstić information content (AvgIpc) is 2.85. The number of carbonyl (C=O) groups is 1. The smallest absolute Gasteiger partial charge is 0.238 e. The van der Waals surface area contributed by atoms with E-state index < -0.39 is 6.04 Å². The number of likely N-dealkylation sites (tertiary alicyclic amines) is 1. The summed E-state index contributed by atoms with van der Waals surface area (Å²) in [6, 6.07) is 18.8. The molecule has 0 bridgehead atoms. The summed E-state index contributed by atoms with van der Waals surface area (Å²) in [6.07, 6.45) is 7.50. The molecule has 2 N–H and O–H groups in total. The third kappa shape index (κ3) is 6.18. The fraction of sp³-hybridized carbons (Fsp3) is 0.481. The van der Waals surface area contributed by atoms with Crippen LogP contribution in [0.4, 0.5) is 0 Å². The molecule has 0 saturated carbocycles. The first-order valence-electron chi connectivity index (χ1n) is 12.1. The molecule has 2 saturated heterocycles. The van der Waals surface area contributed by atoms with E-state index in [0.717, 1.165) is 37.9 Å². The van der Waals surface area contributed by atoms with Gasteiger partial charge < -0.3 is 10.6 Å². The normalized spacial score (nSPS) is 20.3.